The van der Waals surface area contributed by atoms with E-state index in [0.29, 0.717) is 0 Å². The average molecular weight is 437 g/mol. The molecule has 150 valence electrons. The van der Waals surface area contributed by atoms with Crippen LogP contribution in [0, 0.1) is 11.6 Å². The first-order valence-corrected chi connectivity index (χ1v) is 10.2. The van der Waals surface area contributed by atoms with Crippen molar-refractivity contribution in [3.05, 3.63) is 94.5 Å². The molecule has 0 bridgehead atoms. The molecule has 0 aromatic heterocycles. The molecule has 29 heavy (non-hydrogen) atoms. The molecule has 2 N–H and O–H groups in total. The maximum Gasteiger partial charge on any atom is 0.261 e. The number of benzene rings is 3. The fourth-order valence-electron chi connectivity index (χ4n) is 2.51. The van der Waals surface area contributed by atoms with Crippen LogP contribution in [0.4, 0.5) is 14.5 Å². The van der Waals surface area contributed by atoms with E-state index in [1.807, 2.05) is 0 Å². The van der Waals surface area contributed by atoms with Gasteiger partial charge in [-0.05, 0) is 48.5 Å². The highest BCUT2D eigenvalue weighted by molar-refractivity contribution is 7.92. The van der Waals surface area contributed by atoms with E-state index in [-0.39, 0.29) is 33.3 Å². The number of hydrogen-bond acceptors (Lipinski definition) is 3. The molecule has 0 atom stereocenters. The van der Waals surface area contributed by atoms with Crippen LogP contribution in [0.1, 0.15) is 15.9 Å². The third kappa shape index (κ3) is 5.10. The fraction of sp³-hybridized carbons (Fsp3) is 0.0500. The quantitative estimate of drug-likeness (QED) is 0.603. The van der Waals surface area contributed by atoms with E-state index in [1.165, 1.54) is 36.4 Å². The Morgan fingerprint density at radius 3 is 2.48 bits per heavy atom. The molecule has 0 spiro atoms. The molecule has 3 rings (SSSR count). The Balaban J connectivity index is 1.77. The van der Waals surface area contributed by atoms with Gasteiger partial charge in [-0.2, -0.15) is 0 Å². The van der Waals surface area contributed by atoms with Crippen molar-refractivity contribution in [2.45, 2.75) is 11.4 Å². The summed E-state index contributed by atoms with van der Waals surface area (Å²) in [5, 5.41) is 2.66. The number of carbonyl (C=O) groups is 1. The summed E-state index contributed by atoms with van der Waals surface area (Å²) in [6.07, 6.45) is 0. The van der Waals surface area contributed by atoms with E-state index in [9.17, 15) is 22.0 Å². The first kappa shape index (κ1) is 20.8. The Kier molecular flexibility index (Phi) is 6.14. The summed E-state index contributed by atoms with van der Waals surface area (Å²) in [4.78, 5) is 12.2. The molecule has 0 saturated carbocycles. The Morgan fingerprint density at radius 1 is 0.966 bits per heavy atom. The molecule has 0 radical (unpaired) electrons. The number of rotatable bonds is 6. The van der Waals surface area contributed by atoms with Crippen molar-refractivity contribution in [1.29, 1.82) is 0 Å². The third-order valence-corrected chi connectivity index (χ3v) is 5.66. The summed E-state index contributed by atoms with van der Waals surface area (Å²) in [6.45, 7) is -0.253. The lowest BCUT2D eigenvalue weighted by atomic mass is 10.2. The van der Waals surface area contributed by atoms with Gasteiger partial charge in [-0.1, -0.05) is 29.8 Å². The highest BCUT2D eigenvalue weighted by Crippen LogP contribution is 2.24. The van der Waals surface area contributed by atoms with E-state index in [2.05, 4.69) is 10.0 Å². The van der Waals surface area contributed by atoms with Gasteiger partial charge in [-0.3, -0.25) is 9.52 Å². The molecule has 0 saturated heterocycles. The van der Waals surface area contributed by atoms with Gasteiger partial charge in [0.1, 0.15) is 11.6 Å². The van der Waals surface area contributed by atoms with Gasteiger partial charge in [0.15, 0.2) is 0 Å². The number of carbonyl (C=O) groups excluding carboxylic acids is 1. The van der Waals surface area contributed by atoms with Gasteiger partial charge in [0.2, 0.25) is 0 Å². The van der Waals surface area contributed by atoms with Gasteiger partial charge in [0, 0.05) is 17.7 Å². The van der Waals surface area contributed by atoms with Crippen LogP contribution in [0.3, 0.4) is 0 Å². The minimum atomic E-state index is -4.00. The van der Waals surface area contributed by atoms with Crippen LogP contribution in [0.15, 0.2) is 71.6 Å². The van der Waals surface area contributed by atoms with Crippen molar-refractivity contribution in [3.63, 3.8) is 0 Å². The summed E-state index contributed by atoms with van der Waals surface area (Å²) < 4.78 is 54.4. The monoisotopic (exact) mass is 436 g/mol. The SMILES string of the molecule is O=C(NCc1cc(F)ccc1F)c1cccc(S(=O)(=O)Nc2ccccc2Cl)c1. The van der Waals surface area contributed by atoms with Crippen LogP contribution in [0.2, 0.25) is 5.02 Å². The van der Waals surface area contributed by atoms with Crippen LogP contribution in [0.5, 0.6) is 0 Å². The van der Waals surface area contributed by atoms with Gasteiger partial charge >= 0.3 is 0 Å². The second-order valence-corrected chi connectivity index (χ2v) is 8.12. The lowest BCUT2D eigenvalue weighted by molar-refractivity contribution is 0.0950. The Bertz CT molecular complexity index is 1170. The summed E-state index contributed by atoms with van der Waals surface area (Å²) in [5.41, 5.74) is 0.219. The number of amides is 1. The zero-order valence-electron chi connectivity index (χ0n) is 14.8. The first-order chi connectivity index (χ1) is 13.8. The standard InChI is InChI=1S/C20H15ClF2N2O3S/c21-17-6-1-2-7-19(17)25-29(27,28)16-5-3-4-13(11-16)20(26)24-12-14-10-15(22)8-9-18(14)23/h1-11,25H,12H2,(H,24,26). The minimum Gasteiger partial charge on any atom is -0.348 e. The van der Waals surface area contributed by atoms with Crippen molar-refractivity contribution in [2.75, 3.05) is 4.72 Å². The van der Waals surface area contributed by atoms with Crippen molar-refractivity contribution in [1.82, 2.24) is 5.32 Å². The van der Waals surface area contributed by atoms with Crippen LogP contribution in [-0.2, 0) is 16.6 Å². The lowest BCUT2D eigenvalue weighted by Crippen LogP contribution is -2.24. The van der Waals surface area contributed by atoms with E-state index in [4.69, 9.17) is 11.6 Å². The fourth-order valence-corrected chi connectivity index (χ4v) is 3.87. The second kappa shape index (κ2) is 8.59. The minimum absolute atomic E-state index is 0.0255. The summed E-state index contributed by atoms with van der Waals surface area (Å²) in [7, 11) is -4.00. The van der Waals surface area contributed by atoms with Crippen molar-refractivity contribution < 1.29 is 22.0 Å². The number of nitrogens with one attached hydrogen (secondary N) is 2. The molecule has 0 aliphatic carbocycles. The lowest BCUT2D eigenvalue weighted by Gasteiger charge is -2.11. The maximum atomic E-state index is 13.7. The summed E-state index contributed by atoms with van der Waals surface area (Å²) in [5.74, 6) is -1.93. The van der Waals surface area contributed by atoms with E-state index in [1.54, 1.807) is 12.1 Å². The Morgan fingerprint density at radius 2 is 1.72 bits per heavy atom. The van der Waals surface area contributed by atoms with Gasteiger partial charge in [-0.25, -0.2) is 17.2 Å². The third-order valence-electron chi connectivity index (χ3n) is 3.97. The molecule has 0 unspecified atom stereocenters. The van der Waals surface area contributed by atoms with Crippen molar-refractivity contribution >= 4 is 33.2 Å². The average Bonchev–Trinajstić information content (AvgIpc) is 2.70. The Hall–Kier alpha value is -2.97. The van der Waals surface area contributed by atoms with Crippen LogP contribution < -0.4 is 10.0 Å². The van der Waals surface area contributed by atoms with Gasteiger partial charge in [0.05, 0.1) is 15.6 Å². The largest absolute Gasteiger partial charge is 0.348 e. The van der Waals surface area contributed by atoms with Crippen LogP contribution in [0.25, 0.3) is 0 Å². The number of hydrogen-bond donors (Lipinski definition) is 2. The number of para-hydroxylation sites is 1. The molecule has 5 nitrogen and oxygen atoms in total. The number of anilines is 1. The highest BCUT2D eigenvalue weighted by atomic mass is 35.5. The number of sulfonamides is 1. The Labute approximate surface area is 171 Å². The molecule has 0 aliphatic heterocycles. The van der Waals surface area contributed by atoms with Crippen LogP contribution in [-0.4, -0.2) is 14.3 Å². The zero-order valence-corrected chi connectivity index (χ0v) is 16.4. The van der Waals surface area contributed by atoms with E-state index in [0.717, 1.165) is 18.2 Å². The molecule has 0 heterocycles. The summed E-state index contributed by atoms with van der Waals surface area (Å²) >= 11 is 5.97. The summed E-state index contributed by atoms with van der Waals surface area (Å²) in [6, 6.07) is 14.5. The predicted molar refractivity (Wildman–Crippen MR) is 106 cm³/mol. The predicted octanol–water partition coefficient (Wildman–Crippen LogP) is 4.35. The second-order valence-electron chi connectivity index (χ2n) is 6.03. The molecular formula is C20H15ClF2N2O3S. The molecule has 3 aromatic rings. The highest BCUT2D eigenvalue weighted by Gasteiger charge is 2.18. The van der Waals surface area contributed by atoms with E-state index >= 15 is 0 Å². The van der Waals surface area contributed by atoms with E-state index < -0.39 is 27.6 Å². The van der Waals surface area contributed by atoms with Gasteiger partial charge < -0.3 is 5.32 Å². The van der Waals surface area contributed by atoms with Gasteiger partial charge in [-0.15, -0.1) is 0 Å². The topological polar surface area (TPSA) is 75.3 Å². The van der Waals surface area contributed by atoms with Crippen LogP contribution >= 0.6 is 11.6 Å². The number of halogens is 3. The normalized spacial score (nSPS) is 11.1. The molecule has 9 heteroatoms. The van der Waals surface area contributed by atoms with Gasteiger partial charge in [0.25, 0.3) is 15.9 Å². The molecule has 0 aliphatic rings. The maximum absolute atomic E-state index is 13.7. The zero-order chi connectivity index (χ0) is 21.0. The molecule has 0 fully saturated rings. The van der Waals surface area contributed by atoms with Crippen molar-refractivity contribution in [2.24, 2.45) is 0 Å². The molecular weight excluding hydrogens is 422 g/mol. The van der Waals surface area contributed by atoms with Crippen molar-refractivity contribution in [3.8, 4) is 0 Å². The smallest absolute Gasteiger partial charge is 0.261 e. The molecule has 1 amide bonds. The first-order valence-electron chi connectivity index (χ1n) is 8.36. The molecule has 3 aromatic carbocycles.